The Balaban J connectivity index is 2.20. The van der Waals surface area contributed by atoms with Crippen molar-refractivity contribution in [2.45, 2.75) is 26.3 Å². The third-order valence-corrected chi connectivity index (χ3v) is 3.79. The molecule has 6 heteroatoms. The van der Waals surface area contributed by atoms with E-state index < -0.39 is 0 Å². The second kappa shape index (κ2) is 5.63. The zero-order valence-electron chi connectivity index (χ0n) is 10.6. The van der Waals surface area contributed by atoms with Gasteiger partial charge < -0.3 is 4.90 Å². The fraction of sp³-hybridized carbons (Fsp3) is 0.417. The molecule has 0 aromatic carbocycles. The summed E-state index contributed by atoms with van der Waals surface area (Å²) in [5, 5.41) is 0. The lowest BCUT2D eigenvalue weighted by Crippen LogP contribution is -2.19. The minimum absolute atomic E-state index is 0.407. The van der Waals surface area contributed by atoms with Gasteiger partial charge in [0.1, 0.15) is 0 Å². The summed E-state index contributed by atoms with van der Waals surface area (Å²) in [4.78, 5) is 16.4. The summed E-state index contributed by atoms with van der Waals surface area (Å²) in [6.07, 6.45) is 0. The van der Waals surface area contributed by atoms with Crippen LogP contribution in [0.3, 0.4) is 0 Å². The van der Waals surface area contributed by atoms with Crippen molar-refractivity contribution in [1.82, 2.24) is 15.0 Å². The number of nitrogens with zero attached hydrogens (tertiary/aromatic N) is 4. The lowest BCUT2D eigenvalue weighted by Gasteiger charge is -2.17. The molecule has 0 N–H and O–H groups in total. The zero-order chi connectivity index (χ0) is 13.1. The van der Waals surface area contributed by atoms with E-state index in [9.17, 15) is 0 Å². The summed E-state index contributed by atoms with van der Waals surface area (Å²) >= 11 is 7.48. The number of halogens is 1. The fourth-order valence-corrected chi connectivity index (χ4v) is 2.59. The van der Waals surface area contributed by atoms with Crippen LogP contribution in [0.15, 0.2) is 11.6 Å². The molecule has 0 saturated carbocycles. The van der Waals surface area contributed by atoms with Gasteiger partial charge in [0.2, 0.25) is 5.95 Å². The van der Waals surface area contributed by atoms with Crippen LogP contribution in [0.5, 0.6) is 0 Å². The number of hydrogen-bond donors (Lipinski definition) is 0. The average Bonchev–Trinajstić information content (AvgIpc) is 2.74. The molecular weight excluding hydrogens is 268 g/mol. The Morgan fingerprint density at radius 2 is 2.11 bits per heavy atom. The Labute approximate surface area is 116 Å². The number of thiazole rings is 1. The van der Waals surface area contributed by atoms with Crippen LogP contribution in [0.25, 0.3) is 0 Å². The van der Waals surface area contributed by atoms with Crippen molar-refractivity contribution in [1.29, 1.82) is 0 Å². The standard InChI is InChI=1S/C12H15ClN4S/c1-8-4-10(5-13)16-12(15-8)17(3)6-11-9(2)14-7-18-11/h4,7H,5-6H2,1-3H3. The summed E-state index contributed by atoms with van der Waals surface area (Å²) < 4.78 is 0. The Morgan fingerprint density at radius 3 is 2.72 bits per heavy atom. The number of rotatable bonds is 4. The summed E-state index contributed by atoms with van der Waals surface area (Å²) in [5.41, 5.74) is 4.72. The average molecular weight is 283 g/mol. The molecule has 0 radical (unpaired) electrons. The van der Waals surface area contributed by atoms with Crippen LogP contribution in [-0.4, -0.2) is 22.0 Å². The smallest absolute Gasteiger partial charge is 0.225 e. The van der Waals surface area contributed by atoms with Gasteiger partial charge in [-0.2, -0.15) is 0 Å². The quantitative estimate of drug-likeness (QED) is 0.809. The molecule has 0 aliphatic rings. The summed E-state index contributed by atoms with van der Waals surface area (Å²) in [6.45, 7) is 4.73. The van der Waals surface area contributed by atoms with Gasteiger partial charge in [0.15, 0.2) is 0 Å². The van der Waals surface area contributed by atoms with Crippen LogP contribution < -0.4 is 4.90 Å². The van der Waals surface area contributed by atoms with Crippen LogP contribution in [-0.2, 0) is 12.4 Å². The molecular formula is C12H15ClN4S. The van der Waals surface area contributed by atoms with E-state index in [0.29, 0.717) is 11.8 Å². The lowest BCUT2D eigenvalue weighted by molar-refractivity contribution is 0.853. The fourth-order valence-electron chi connectivity index (χ4n) is 1.62. The highest BCUT2D eigenvalue weighted by molar-refractivity contribution is 7.09. The monoisotopic (exact) mass is 282 g/mol. The summed E-state index contributed by atoms with van der Waals surface area (Å²) in [5.74, 6) is 1.11. The number of anilines is 1. The van der Waals surface area contributed by atoms with E-state index >= 15 is 0 Å². The molecule has 0 unspecified atom stereocenters. The van der Waals surface area contributed by atoms with Gasteiger partial charge in [-0.15, -0.1) is 22.9 Å². The minimum atomic E-state index is 0.407. The molecule has 0 bridgehead atoms. The Kier molecular flexibility index (Phi) is 4.14. The normalized spacial score (nSPS) is 10.7. The zero-order valence-corrected chi connectivity index (χ0v) is 12.2. The molecule has 0 saturated heterocycles. The minimum Gasteiger partial charge on any atom is -0.339 e. The number of hydrogen-bond acceptors (Lipinski definition) is 5. The first-order valence-corrected chi connectivity index (χ1v) is 7.02. The Bertz CT molecular complexity index is 541. The van der Waals surface area contributed by atoms with Crippen molar-refractivity contribution in [3.63, 3.8) is 0 Å². The van der Waals surface area contributed by atoms with E-state index in [-0.39, 0.29) is 0 Å². The van der Waals surface area contributed by atoms with Crippen LogP contribution in [0.1, 0.15) is 22.0 Å². The maximum Gasteiger partial charge on any atom is 0.225 e. The van der Waals surface area contributed by atoms with Gasteiger partial charge >= 0.3 is 0 Å². The molecule has 4 nitrogen and oxygen atoms in total. The van der Waals surface area contributed by atoms with Crippen molar-refractivity contribution in [2.75, 3.05) is 11.9 Å². The molecule has 2 rings (SSSR count). The van der Waals surface area contributed by atoms with E-state index in [4.69, 9.17) is 11.6 Å². The van der Waals surface area contributed by atoms with E-state index in [1.54, 1.807) is 11.3 Å². The molecule has 0 aliphatic heterocycles. The van der Waals surface area contributed by atoms with Gasteiger partial charge in [-0.05, 0) is 19.9 Å². The SMILES string of the molecule is Cc1cc(CCl)nc(N(C)Cc2scnc2C)n1. The van der Waals surface area contributed by atoms with Gasteiger partial charge in [0.05, 0.1) is 29.3 Å². The van der Waals surface area contributed by atoms with Crippen molar-refractivity contribution < 1.29 is 0 Å². The van der Waals surface area contributed by atoms with Crippen molar-refractivity contribution in [3.05, 3.63) is 33.5 Å². The van der Waals surface area contributed by atoms with Gasteiger partial charge in [0, 0.05) is 17.6 Å². The topological polar surface area (TPSA) is 41.9 Å². The van der Waals surface area contributed by atoms with Crippen LogP contribution >= 0.6 is 22.9 Å². The van der Waals surface area contributed by atoms with E-state index in [0.717, 1.165) is 23.6 Å². The molecule has 2 heterocycles. The van der Waals surface area contributed by atoms with Crippen LogP contribution in [0.4, 0.5) is 5.95 Å². The first-order chi connectivity index (χ1) is 8.60. The van der Waals surface area contributed by atoms with Gasteiger partial charge in [0.25, 0.3) is 0 Å². The van der Waals surface area contributed by atoms with Crippen LogP contribution in [0.2, 0.25) is 0 Å². The highest BCUT2D eigenvalue weighted by Gasteiger charge is 2.10. The van der Waals surface area contributed by atoms with E-state index in [1.807, 2.05) is 37.4 Å². The summed E-state index contributed by atoms with van der Waals surface area (Å²) in [7, 11) is 1.98. The maximum atomic E-state index is 5.83. The Morgan fingerprint density at radius 1 is 1.33 bits per heavy atom. The van der Waals surface area contributed by atoms with Crippen LogP contribution in [0, 0.1) is 13.8 Å². The predicted octanol–water partition coefficient (Wildman–Crippen LogP) is 2.93. The lowest BCUT2D eigenvalue weighted by atomic mass is 10.3. The highest BCUT2D eigenvalue weighted by atomic mass is 35.5. The molecule has 0 fully saturated rings. The number of alkyl halides is 1. The maximum absolute atomic E-state index is 5.83. The third-order valence-electron chi connectivity index (χ3n) is 2.60. The highest BCUT2D eigenvalue weighted by Crippen LogP contribution is 2.18. The van der Waals surface area contributed by atoms with Crippen molar-refractivity contribution in [2.24, 2.45) is 0 Å². The predicted molar refractivity (Wildman–Crippen MR) is 75.3 cm³/mol. The molecule has 2 aromatic rings. The van der Waals surface area contributed by atoms with Crippen molar-refractivity contribution >= 4 is 28.9 Å². The number of aryl methyl sites for hydroxylation is 2. The molecule has 0 spiro atoms. The second-order valence-corrected chi connectivity index (χ2v) is 5.36. The first kappa shape index (κ1) is 13.2. The first-order valence-electron chi connectivity index (χ1n) is 5.60. The van der Waals surface area contributed by atoms with Gasteiger partial charge in [-0.1, -0.05) is 0 Å². The molecule has 96 valence electrons. The summed E-state index contributed by atoms with van der Waals surface area (Å²) in [6, 6.07) is 1.91. The molecule has 0 amide bonds. The molecule has 18 heavy (non-hydrogen) atoms. The second-order valence-electron chi connectivity index (χ2n) is 4.15. The molecule has 0 atom stereocenters. The van der Waals surface area contributed by atoms with Gasteiger partial charge in [-0.3, -0.25) is 0 Å². The third kappa shape index (κ3) is 2.97. The largest absolute Gasteiger partial charge is 0.339 e. The number of aromatic nitrogens is 3. The molecule has 0 aliphatic carbocycles. The van der Waals surface area contributed by atoms with E-state index in [1.165, 1.54) is 4.88 Å². The van der Waals surface area contributed by atoms with E-state index in [2.05, 4.69) is 15.0 Å². The Hall–Kier alpha value is -1.20. The molecule has 2 aromatic heterocycles. The van der Waals surface area contributed by atoms with Gasteiger partial charge in [-0.25, -0.2) is 15.0 Å². The van der Waals surface area contributed by atoms with Crippen molar-refractivity contribution in [3.8, 4) is 0 Å².